The van der Waals surface area contributed by atoms with Crippen molar-refractivity contribution in [1.29, 1.82) is 0 Å². The van der Waals surface area contributed by atoms with Gasteiger partial charge in [0.2, 0.25) is 11.8 Å². The van der Waals surface area contributed by atoms with Gasteiger partial charge in [-0.3, -0.25) is 9.59 Å². The second-order valence-electron chi connectivity index (χ2n) is 9.59. The van der Waals surface area contributed by atoms with Crippen LogP contribution in [0.1, 0.15) is 11.5 Å². The highest BCUT2D eigenvalue weighted by atomic mass is 35.5. The third-order valence-corrected chi connectivity index (χ3v) is 7.54. The standard InChI is InChI=1S/C25H24ClNO3Si/c1-31(2,3)14-13-18-19(15-7-5-4-6-8-15)23-21-20(22(18)30-23)24(28)27(25(21)29)17-11-9-16(26)10-12-17/h4-12,18-23H,1-3H3/t18-,19+,20+,21-,22-,23+/m1/s1. The molecular formula is C25H24ClNO3Si. The number of hydrogen-bond acceptors (Lipinski definition) is 3. The first-order valence-corrected chi connectivity index (χ1v) is 14.5. The monoisotopic (exact) mass is 449 g/mol. The van der Waals surface area contributed by atoms with Gasteiger partial charge in [0.15, 0.2) is 0 Å². The number of anilines is 1. The fourth-order valence-electron chi connectivity index (χ4n) is 5.17. The predicted octanol–water partition coefficient (Wildman–Crippen LogP) is 4.51. The minimum Gasteiger partial charge on any atom is -0.371 e. The van der Waals surface area contributed by atoms with Crippen molar-refractivity contribution in [2.45, 2.75) is 37.8 Å². The Morgan fingerprint density at radius 2 is 1.48 bits per heavy atom. The summed E-state index contributed by atoms with van der Waals surface area (Å²) in [6.07, 6.45) is -0.704. The molecule has 31 heavy (non-hydrogen) atoms. The summed E-state index contributed by atoms with van der Waals surface area (Å²) in [7, 11) is -1.61. The first-order chi connectivity index (χ1) is 14.8. The van der Waals surface area contributed by atoms with Gasteiger partial charge < -0.3 is 4.74 Å². The number of carbonyl (C=O) groups excluding carboxylic acids is 2. The van der Waals surface area contributed by atoms with Crippen LogP contribution in [0.25, 0.3) is 0 Å². The first kappa shape index (κ1) is 20.5. The van der Waals surface area contributed by atoms with E-state index in [0.717, 1.165) is 5.56 Å². The molecule has 2 amide bonds. The SMILES string of the molecule is C[Si](C)(C)C#C[C@H]1[C@H]2O[C@H]([C@@H]3C(=O)N(c4ccc(Cl)cc4)C(=O)[C@H]23)[C@H]1c1ccccc1. The number of ether oxygens (including phenoxy) is 1. The number of rotatable bonds is 2. The van der Waals surface area contributed by atoms with Gasteiger partial charge in [-0.05, 0) is 29.8 Å². The molecule has 3 saturated heterocycles. The zero-order valence-corrected chi connectivity index (χ0v) is 19.5. The quantitative estimate of drug-likeness (QED) is 0.385. The van der Waals surface area contributed by atoms with E-state index in [1.807, 2.05) is 18.2 Å². The molecule has 5 rings (SSSR count). The molecule has 2 aromatic rings. The third-order valence-electron chi connectivity index (χ3n) is 6.40. The van der Waals surface area contributed by atoms with Gasteiger partial charge in [0.05, 0.1) is 35.6 Å². The molecule has 0 radical (unpaired) electrons. The topological polar surface area (TPSA) is 46.6 Å². The summed E-state index contributed by atoms with van der Waals surface area (Å²) in [6, 6.07) is 17.0. The Bertz CT molecular complexity index is 1100. The molecule has 0 aliphatic carbocycles. The van der Waals surface area contributed by atoms with Gasteiger partial charge in [-0.15, -0.1) is 11.5 Å². The van der Waals surface area contributed by atoms with Crippen LogP contribution in [0.5, 0.6) is 0 Å². The molecule has 158 valence electrons. The third kappa shape index (κ3) is 3.34. The average molecular weight is 450 g/mol. The van der Waals surface area contributed by atoms with Crippen LogP contribution in [-0.2, 0) is 14.3 Å². The van der Waals surface area contributed by atoms with E-state index in [9.17, 15) is 9.59 Å². The molecule has 6 atom stereocenters. The maximum Gasteiger partial charge on any atom is 0.240 e. The van der Waals surface area contributed by atoms with Crippen LogP contribution in [0.4, 0.5) is 5.69 Å². The van der Waals surface area contributed by atoms with Crippen molar-refractivity contribution in [1.82, 2.24) is 0 Å². The Labute approximate surface area is 188 Å². The van der Waals surface area contributed by atoms with Crippen LogP contribution >= 0.6 is 11.6 Å². The van der Waals surface area contributed by atoms with E-state index in [1.54, 1.807) is 24.3 Å². The Kier molecular flexibility index (Phi) is 4.85. The fraction of sp³-hybridized carbons (Fsp3) is 0.360. The molecular weight excluding hydrogens is 426 g/mol. The molecule has 2 bridgehead atoms. The van der Waals surface area contributed by atoms with Gasteiger partial charge in [0.1, 0.15) is 8.07 Å². The molecule has 2 aromatic carbocycles. The molecule has 3 aliphatic rings. The lowest BCUT2D eigenvalue weighted by molar-refractivity contribution is -0.125. The summed E-state index contributed by atoms with van der Waals surface area (Å²) < 4.78 is 6.35. The lowest BCUT2D eigenvalue weighted by atomic mass is 9.67. The van der Waals surface area contributed by atoms with E-state index < -0.39 is 19.9 Å². The first-order valence-electron chi connectivity index (χ1n) is 10.6. The van der Waals surface area contributed by atoms with Crippen molar-refractivity contribution < 1.29 is 14.3 Å². The van der Waals surface area contributed by atoms with Crippen molar-refractivity contribution in [2.75, 3.05) is 4.90 Å². The smallest absolute Gasteiger partial charge is 0.240 e. The summed E-state index contributed by atoms with van der Waals surface area (Å²) in [5.41, 5.74) is 5.17. The van der Waals surface area contributed by atoms with Crippen LogP contribution in [0, 0.1) is 29.2 Å². The molecule has 3 heterocycles. The van der Waals surface area contributed by atoms with Gasteiger partial charge in [-0.25, -0.2) is 4.90 Å². The number of halogens is 1. The number of carbonyl (C=O) groups is 2. The predicted molar refractivity (Wildman–Crippen MR) is 123 cm³/mol. The zero-order valence-electron chi connectivity index (χ0n) is 17.7. The Morgan fingerprint density at radius 1 is 0.871 bits per heavy atom. The van der Waals surface area contributed by atoms with Gasteiger partial charge >= 0.3 is 0 Å². The van der Waals surface area contributed by atoms with E-state index in [1.165, 1.54) is 4.90 Å². The van der Waals surface area contributed by atoms with Crippen LogP contribution in [-0.4, -0.2) is 32.1 Å². The normalized spacial score (nSPS) is 31.5. The second-order valence-corrected chi connectivity index (χ2v) is 14.8. The lowest BCUT2D eigenvalue weighted by Gasteiger charge is -2.30. The molecule has 0 saturated carbocycles. The van der Waals surface area contributed by atoms with Crippen molar-refractivity contribution in [2.24, 2.45) is 17.8 Å². The molecule has 0 spiro atoms. The second kappa shape index (κ2) is 7.34. The van der Waals surface area contributed by atoms with Gasteiger partial charge in [-0.1, -0.05) is 61.6 Å². The van der Waals surface area contributed by atoms with Crippen molar-refractivity contribution in [3.05, 3.63) is 65.2 Å². The Balaban J connectivity index is 1.56. The summed E-state index contributed by atoms with van der Waals surface area (Å²) >= 11 is 6.00. The molecule has 6 heteroatoms. The van der Waals surface area contributed by atoms with E-state index in [2.05, 4.69) is 43.2 Å². The van der Waals surface area contributed by atoms with E-state index in [4.69, 9.17) is 16.3 Å². The van der Waals surface area contributed by atoms with Gasteiger partial charge in [-0.2, -0.15) is 0 Å². The largest absolute Gasteiger partial charge is 0.371 e. The minimum absolute atomic E-state index is 0.0155. The summed E-state index contributed by atoms with van der Waals surface area (Å²) in [4.78, 5) is 28.2. The van der Waals surface area contributed by atoms with Crippen LogP contribution < -0.4 is 4.90 Å². The number of hydrogen-bond donors (Lipinski definition) is 0. The highest BCUT2D eigenvalue weighted by molar-refractivity contribution is 6.83. The average Bonchev–Trinajstić information content (AvgIpc) is 3.37. The summed E-state index contributed by atoms with van der Waals surface area (Å²) in [5, 5.41) is 0.567. The summed E-state index contributed by atoms with van der Waals surface area (Å²) in [5.74, 6) is 2.08. The molecule has 0 unspecified atom stereocenters. The highest BCUT2D eigenvalue weighted by Gasteiger charge is 2.69. The molecule has 3 aliphatic heterocycles. The number of amides is 2. The van der Waals surface area contributed by atoms with E-state index in [0.29, 0.717) is 10.7 Å². The van der Waals surface area contributed by atoms with Gasteiger partial charge in [0.25, 0.3) is 0 Å². The zero-order chi connectivity index (χ0) is 21.9. The van der Waals surface area contributed by atoms with Crippen molar-refractivity contribution in [3.8, 4) is 11.5 Å². The van der Waals surface area contributed by atoms with Crippen molar-refractivity contribution in [3.63, 3.8) is 0 Å². The maximum absolute atomic E-state index is 13.4. The fourth-order valence-corrected chi connectivity index (χ4v) is 5.89. The highest BCUT2D eigenvalue weighted by Crippen LogP contribution is 2.57. The molecule has 0 aromatic heterocycles. The van der Waals surface area contributed by atoms with E-state index >= 15 is 0 Å². The number of benzene rings is 2. The van der Waals surface area contributed by atoms with Crippen molar-refractivity contribution >= 4 is 37.2 Å². The lowest BCUT2D eigenvalue weighted by Crippen LogP contribution is -2.39. The van der Waals surface area contributed by atoms with Gasteiger partial charge in [0, 0.05) is 10.9 Å². The Hall–Kier alpha value is -2.39. The molecule has 3 fully saturated rings. The summed E-state index contributed by atoms with van der Waals surface area (Å²) in [6.45, 7) is 6.63. The Morgan fingerprint density at radius 3 is 2.10 bits per heavy atom. The molecule has 0 N–H and O–H groups in total. The van der Waals surface area contributed by atoms with E-state index in [-0.39, 0.29) is 35.9 Å². The minimum atomic E-state index is -1.61. The maximum atomic E-state index is 13.4. The number of nitrogens with zero attached hydrogens (tertiary/aromatic N) is 1. The van der Waals surface area contributed by atoms with Crippen LogP contribution in [0.2, 0.25) is 24.7 Å². The number of fused-ring (bicyclic) bond motifs is 5. The number of imide groups is 1. The van der Waals surface area contributed by atoms with Crippen LogP contribution in [0.3, 0.4) is 0 Å². The van der Waals surface area contributed by atoms with Crippen LogP contribution in [0.15, 0.2) is 54.6 Å². The molecule has 4 nitrogen and oxygen atoms in total.